The van der Waals surface area contributed by atoms with E-state index in [1.807, 2.05) is 12.1 Å². The fraction of sp³-hybridized carbons (Fsp3) is 0.480. The van der Waals surface area contributed by atoms with Gasteiger partial charge in [-0.1, -0.05) is 34.8 Å². The van der Waals surface area contributed by atoms with Crippen molar-refractivity contribution in [3.63, 3.8) is 0 Å². The zero-order chi connectivity index (χ0) is 24.3. The summed E-state index contributed by atoms with van der Waals surface area (Å²) in [6.45, 7) is 9.54. The van der Waals surface area contributed by atoms with Gasteiger partial charge in [-0.25, -0.2) is 9.18 Å². The Kier molecular flexibility index (Phi) is 8.55. The number of benzene rings is 2. The fourth-order valence-electron chi connectivity index (χ4n) is 3.87. The molecule has 0 radical (unpaired) electrons. The van der Waals surface area contributed by atoms with Crippen molar-refractivity contribution < 1.29 is 18.7 Å². The second-order valence-corrected chi connectivity index (χ2v) is 10.7. The van der Waals surface area contributed by atoms with Crippen molar-refractivity contribution in [2.24, 2.45) is 5.92 Å². The van der Waals surface area contributed by atoms with Crippen molar-refractivity contribution in [2.45, 2.75) is 52.2 Å². The Morgan fingerprint density at radius 2 is 1.70 bits per heavy atom. The maximum atomic E-state index is 14.5. The molecular formula is C25H29Cl3FNO3. The van der Waals surface area contributed by atoms with Crippen LogP contribution in [0, 0.1) is 11.7 Å². The molecule has 0 aliphatic carbocycles. The van der Waals surface area contributed by atoms with Gasteiger partial charge in [-0.3, -0.25) is 4.90 Å². The molecular weight excluding hydrogens is 488 g/mol. The number of carbonyl (C=O) groups is 1. The zero-order valence-electron chi connectivity index (χ0n) is 19.3. The van der Waals surface area contributed by atoms with E-state index in [0.717, 1.165) is 37.6 Å². The second kappa shape index (κ2) is 10.8. The summed E-state index contributed by atoms with van der Waals surface area (Å²) in [5.41, 5.74) is 0.163. The number of hydrogen-bond donors (Lipinski definition) is 0. The summed E-state index contributed by atoms with van der Waals surface area (Å²) in [6, 6.07) is 8.25. The van der Waals surface area contributed by atoms with E-state index in [2.05, 4.69) is 11.8 Å². The number of piperidine rings is 1. The molecule has 0 spiro atoms. The van der Waals surface area contributed by atoms with Gasteiger partial charge in [-0.2, -0.15) is 0 Å². The van der Waals surface area contributed by atoms with Gasteiger partial charge >= 0.3 is 5.97 Å². The Hall–Kier alpha value is -1.53. The molecule has 0 unspecified atom stereocenters. The topological polar surface area (TPSA) is 38.8 Å². The smallest absolute Gasteiger partial charge is 0.341 e. The quantitative estimate of drug-likeness (QED) is 0.371. The number of likely N-dealkylation sites (tertiary alicyclic amines) is 1. The van der Waals surface area contributed by atoms with Gasteiger partial charge in [0, 0.05) is 22.2 Å². The molecule has 0 bridgehead atoms. The lowest BCUT2D eigenvalue weighted by atomic mass is 9.95. The summed E-state index contributed by atoms with van der Waals surface area (Å²) < 4.78 is 25.6. The van der Waals surface area contributed by atoms with Gasteiger partial charge in [0.2, 0.25) is 0 Å². The summed E-state index contributed by atoms with van der Waals surface area (Å²) >= 11 is 18.6. The number of nitrogens with zero attached hydrogens (tertiary/aromatic N) is 1. The number of rotatable bonds is 6. The van der Waals surface area contributed by atoms with Crippen LogP contribution < -0.4 is 4.74 Å². The summed E-state index contributed by atoms with van der Waals surface area (Å²) in [5, 5.41) is 1.45. The molecule has 1 atom stereocenters. The van der Waals surface area contributed by atoms with Crippen molar-refractivity contribution in [3.05, 3.63) is 62.3 Å². The molecule has 1 heterocycles. The van der Waals surface area contributed by atoms with Crippen LogP contribution in [0.4, 0.5) is 4.39 Å². The highest BCUT2D eigenvalue weighted by Gasteiger charge is 2.26. The van der Waals surface area contributed by atoms with Crippen molar-refractivity contribution >= 4 is 40.8 Å². The molecule has 8 heteroatoms. The molecule has 4 nitrogen and oxygen atoms in total. The van der Waals surface area contributed by atoms with Crippen molar-refractivity contribution in [3.8, 4) is 5.75 Å². The molecule has 1 aliphatic rings. The SMILES string of the molecule is C[C@H](c1cc(Cl)cc(Cl)c1)N1CCC(COc2cc(F)c(C(=O)OC(C)(C)C)cc2Cl)CC1. The van der Waals surface area contributed by atoms with Crippen LogP contribution in [-0.4, -0.2) is 36.2 Å². The van der Waals surface area contributed by atoms with Gasteiger partial charge in [0.15, 0.2) is 0 Å². The highest BCUT2D eigenvalue weighted by atomic mass is 35.5. The normalized spacial score (nSPS) is 16.5. The molecule has 1 saturated heterocycles. The Morgan fingerprint density at radius 1 is 1.09 bits per heavy atom. The van der Waals surface area contributed by atoms with Gasteiger partial charge in [0.1, 0.15) is 17.2 Å². The van der Waals surface area contributed by atoms with Crippen LogP contribution in [0.5, 0.6) is 5.75 Å². The van der Waals surface area contributed by atoms with Gasteiger partial charge in [-0.05, 0) is 89.4 Å². The predicted octanol–water partition coefficient (Wildman–Crippen LogP) is 7.59. The van der Waals surface area contributed by atoms with E-state index < -0.39 is 17.4 Å². The molecule has 180 valence electrons. The molecule has 2 aromatic carbocycles. The molecule has 0 saturated carbocycles. The number of carbonyl (C=O) groups excluding carboxylic acids is 1. The second-order valence-electron chi connectivity index (χ2n) is 9.43. The van der Waals surface area contributed by atoms with Crippen LogP contribution in [-0.2, 0) is 4.74 Å². The third-order valence-electron chi connectivity index (χ3n) is 5.68. The van der Waals surface area contributed by atoms with Crippen molar-refractivity contribution in [1.29, 1.82) is 0 Å². The maximum Gasteiger partial charge on any atom is 0.341 e. The lowest BCUT2D eigenvalue weighted by molar-refractivity contribution is 0.00646. The van der Waals surface area contributed by atoms with Crippen LogP contribution in [0.2, 0.25) is 15.1 Å². The van der Waals surface area contributed by atoms with Crippen LogP contribution in [0.3, 0.4) is 0 Å². The number of hydrogen-bond acceptors (Lipinski definition) is 4. The first-order valence-corrected chi connectivity index (χ1v) is 12.1. The zero-order valence-corrected chi connectivity index (χ0v) is 21.5. The van der Waals surface area contributed by atoms with E-state index in [1.54, 1.807) is 26.8 Å². The molecule has 2 aromatic rings. The lowest BCUT2D eigenvalue weighted by Crippen LogP contribution is -2.37. The molecule has 0 N–H and O–H groups in total. The monoisotopic (exact) mass is 515 g/mol. The van der Waals surface area contributed by atoms with E-state index in [-0.39, 0.29) is 22.4 Å². The van der Waals surface area contributed by atoms with E-state index in [9.17, 15) is 9.18 Å². The average Bonchev–Trinajstić information content (AvgIpc) is 2.72. The third-order valence-corrected chi connectivity index (χ3v) is 6.41. The minimum atomic E-state index is -0.754. The summed E-state index contributed by atoms with van der Waals surface area (Å²) in [5.74, 6) is -0.921. The highest BCUT2D eigenvalue weighted by molar-refractivity contribution is 6.34. The highest BCUT2D eigenvalue weighted by Crippen LogP contribution is 2.32. The molecule has 0 amide bonds. The van der Waals surface area contributed by atoms with E-state index >= 15 is 0 Å². The molecule has 1 fully saturated rings. The van der Waals surface area contributed by atoms with E-state index in [0.29, 0.717) is 22.6 Å². The summed E-state index contributed by atoms with van der Waals surface area (Å²) in [6.07, 6.45) is 1.88. The van der Waals surface area contributed by atoms with Gasteiger partial charge in [0.05, 0.1) is 17.2 Å². The van der Waals surface area contributed by atoms with Crippen molar-refractivity contribution in [2.75, 3.05) is 19.7 Å². The van der Waals surface area contributed by atoms with Crippen molar-refractivity contribution in [1.82, 2.24) is 4.90 Å². The Bertz CT molecular complexity index is 981. The Balaban J connectivity index is 1.55. The largest absolute Gasteiger partial charge is 0.492 e. The van der Waals surface area contributed by atoms with Crippen LogP contribution in [0.15, 0.2) is 30.3 Å². The maximum absolute atomic E-state index is 14.5. The fourth-order valence-corrected chi connectivity index (χ4v) is 4.63. The third kappa shape index (κ3) is 7.22. The van der Waals surface area contributed by atoms with Crippen LogP contribution >= 0.6 is 34.8 Å². The minimum Gasteiger partial charge on any atom is -0.492 e. The first kappa shape index (κ1) is 26.1. The van der Waals surface area contributed by atoms with Gasteiger partial charge in [-0.15, -0.1) is 0 Å². The average molecular weight is 517 g/mol. The lowest BCUT2D eigenvalue weighted by Gasteiger charge is -2.36. The molecule has 0 aromatic heterocycles. The van der Waals surface area contributed by atoms with Gasteiger partial charge in [0.25, 0.3) is 0 Å². The molecule has 33 heavy (non-hydrogen) atoms. The van der Waals surface area contributed by atoms with Gasteiger partial charge < -0.3 is 9.47 Å². The summed E-state index contributed by atoms with van der Waals surface area (Å²) in [4.78, 5) is 14.6. The number of ether oxygens (including phenoxy) is 2. The molecule has 1 aliphatic heterocycles. The van der Waals surface area contributed by atoms with Crippen LogP contribution in [0.1, 0.15) is 62.5 Å². The predicted molar refractivity (Wildman–Crippen MR) is 131 cm³/mol. The van der Waals surface area contributed by atoms with Crippen LogP contribution in [0.25, 0.3) is 0 Å². The standard InChI is InChI=1S/C25H29Cl3FNO3/c1-15(17-9-18(26)11-19(27)10-17)30-7-5-16(6-8-30)14-32-23-13-22(29)20(12-21(23)28)24(31)33-25(2,3)4/h9-13,15-16H,5-8,14H2,1-4H3/t15-/m1/s1. The first-order valence-electron chi connectivity index (χ1n) is 11.0. The number of halogens is 4. The van der Waals surface area contributed by atoms with E-state index in [1.165, 1.54) is 6.07 Å². The van der Waals surface area contributed by atoms with E-state index in [4.69, 9.17) is 44.3 Å². The first-order chi connectivity index (χ1) is 15.4. The molecule has 3 rings (SSSR count). The Morgan fingerprint density at radius 3 is 2.27 bits per heavy atom. The minimum absolute atomic E-state index is 0.182. The summed E-state index contributed by atoms with van der Waals surface area (Å²) in [7, 11) is 0. The Labute approximate surface area is 209 Å². The number of esters is 1.